The summed E-state index contributed by atoms with van der Waals surface area (Å²) in [6.07, 6.45) is 0. The molecular weight excluding hydrogens is 300 g/mol. The van der Waals surface area contributed by atoms with E-state index in [0.717, 1.165) is 31.8 Å². The van der Waals surface area contributed by atoms with Crippen molar-refractivity contribution in [1.29, 1.82) is 0 Å². The maximum absolute atomic E-state index is 13.9. The van der Waals surface area contributed by atoms with Crippen LogP contribution in [0.4, 0.5) is 14.7 Å². The van der Waals surface area contributed by atoms with Crippen molar-refractivity contribution in [2.45, 2.75) is 13.0 Å². The van der Waals surface area contributed by atoms with Crippen molar-refractivity contribution in [1.82, 2.24) is 20.5 Å². The number of benzene rings is 1. The number of aromatic amines is 1. The van der Waals surface area contributed by atoms with E-state index in [0.29, 0.717) is 12.0 Å². The molecular formula is C13H14ClF2N5. The summed E-state index contributed by atoms with van der Waals surface area (Å²) in [6.45, 7) is 4.41. The molecule has 0 spiro atoms. The van der Waals surface area contributed by atoms with E-state index in [1.54, 1.807) is 0 Å². The van der Waals surface area contributed by atoms with Gasteiger partial charge in [-0.05, 0) is 19.1 Å². The number of halogens is 3. The van der Waals surface area contributed by atoms with Gasteiger partial charge in [-0.15, -0.1) is 5.10 Å². The number of H-pyrrole nitrogens is 1. The van der Waals surface area contributed by atoms with Gasteiger partial charge in [0.1, 0.15) is 11.6 Å². The smallest absolute Gasteiger partial charge is 0.245 e. The van der Waals surface area contributed by atoms with Gasteiger partial charge < -0.3 is 10.2 Å². The fraction of sp³-hybridized carbons (Fsp3) is 0.385. The second kappa shape index (κ2) is 5.57. The fourth-order valence-corrected chi connectivity index (χ4v) is 2.48. The maximum Gasteiger partial charge on any atom is 0.245 e. The highest BCUT2D eigenvalue weighted by Gasteiger charge is 2.21. The van der Waals surface area contributed by atoms with Crippen molar-refractivity contribution in [2.24, 2.45) is 0 Å². The Labute approximate surface area is 125 Å². The normalized spacial score (nSPS) is 19.0. The van der Waals surface area contributed by atoms with Gasteiger partial charge in [-0.3, -0.25) is 5.10 Å². The Hall–Kier alpha value is -1.73. The van der Waals surface area contributed by atoms with Crippen molar-refractivity contribution in [3.8, 4) is 11.4 Å². The number of aromatic nitrogens is 3. The first kappa shape index (κ1) is 14.2. The van der Waals surface area contributed by atoms with Gasteiger partial charge in [0.05, 0.1) is 10.6 Å². The minimum Gasteiger partial charge on any atom is -0.337 e. The van der Waals surface area contributed by atoms with E-state index in [1.807, 2.05) is 4.90 Å². The van der Waals surface area contributed by atoms with Crippen LogP contribution in [0.3, 0.4) is 0 Å². The Balaban J connectivity index is 1.90. The van der Waals surface area contributed by atoms with Crippen molar-refractivity contribution in [2.75, 3.05) is 24.5 Å². The predicted molar refractivity (Wildman–Crippen MR) is 76.4 cm³/mol. The lowest BCUT2D eigenvalue weighted by Crippen LogP contribution is -2.49. The first-order chi connectivity index (χ1) is 10.0. The van der Waals surface area contributed by atoms with Gasteiger partial charge in [0.2, 0.25) is 5.95 Å². The lowest BCUT2D eigenvalue weighted by atomic mass is 10.2. The summed E-state index contributed by atoms with van der Waals surface area (Å²) in [6, 6.07) is 2.27. The summed E-state index contributed by atoms with van der Waals surface area (Å²) in [5, 5.41) is 9.79. The van der Waals surface area contributed by atoms with Crippen molar-refractivity contribution < 1.29 is 8.78 Å². The average Bonchev–Trinajstić information content (AvgIpc) is 2.92. The molecule has 1 aromatic carbocycles. The molecule has 0 bridgehead atoms. The average molecular weight is 314 g/mol. The van der Waals surface area contributed by atoms with E-state index in [4.69, 9.17) is 11.6 Å². The standard InChI is InChI=1S/C13H14ClF2N5/c1-7-6-21(3-2-17-7)13-18-12(19-20-13)8-4-11(16)9(14)5-10(8)15/h4-5,7,17H,2-3,6H2,1H3,(H,18,19,20)/t7-/m1/s1. The summed E-state index contributed by atoms with van der Waals surface area (Å²) < 4.78 is 27.3. The molecule has 5 nitrogen and oxygen atoms in total. The lowest BCUT2D eigenvalue weighted by Gasteiger charge is -2.30. The van der Waals surface area contributed by atoms with E-state index < -0.39 is 11.6 Å². The number of hydrogen-bond donors (Lipinski definition) is 2. The molecule has 1 aliphatic rings. The molecule has 3 rings (SSSR count). The van der Waals surface area contributed by atoms with Gasteiger partial charge in [-0.1, -0.05) is 11.6 Å². The molecule has 8 heteroatoms. The zero-order valence-corrected chi connectivity index (χ0v) is 12.1. The highest BCUT2D eigenvalue weighted by molar-refractivity contribution is 6.30. The number of nitrogens with one attached hydrogen (secondary N) is 2. The molecule has 21 heavy (non-hydrogen) atoms. The van der Waals surface area contributed by atoms with Crippen LogP contribution < -0.4 is 10.2 Å². The molecule has 2 aromatic rings. The van der Waals surface area contributed by atoms with Crippen LogP contribution in [0.25, 0.3) is 11.4 Å². The molecule has 1 aromatic heterocycles. The summed E-state index contributed by atoms with van der Waals surface area (Å²) in [4.78, 5) is 6.24. The minimum atomic E-state index is -0.693. The molecule has 2 heterocycles. The first-order valence-corrected chi connectivity index (χ1v) is 6.98. The van der Waals surface area contributed by atoms with Crippen LogP contribution in [0.2, 0.25) is 5.02 Å². The van der Waals surface area contributed by atoms with E-state index in [9.17, 15) is 8.78 Å². The van der Waals surface area contributed by atoms with Gasteiger partial charge in [-0.2, -0.15) is 4.98 Å². The summed E-state index contributed by atoms with van der Waals surface area (Å²) in [5.41, 5.74) is 0.0128. The van der Waals surface area contributed by atoms with Crippen molar-refractivity contribution in [3.05, 3.63) is 28.8 Å². The topological polar surface area (TPSA) is 56.8 Å². The van der Waals surface area contributed by atoms with Crippen molar-refractivity contribution >= 4 is 17.5 Å². The van der Waals surface area contributed by atoms with Crippen LogP contribution in [0, 0.1) is 11.6 Å². The van der Waals surface area contributed by atoms with Crippen LogP contribution in [0.1, 0.15) is 6.92 Å². The minimum absolute atomic E-state index is 0.0128. The fourth-order valence-electron chi connectivity index (χ4n) is 2.33. The van der Waals surface area contributed by atoms with Crippen LogP contribution in [0.15, 0.2) is 12.1 Å². The molecule has 2 N–H and O–H groups in total. The second-order valence-corrected chi connectivity index (χ2v) is 5.44. The van der Waals surface area contributed by atoms with Crippen LogP contribution in [0.5, 0.6) is 0 Å². The van der Waals surface area contributed by atoms with E-state index >= 15 is 0 Å². The number of anilines is 1. The zero-order chi connectivity index (χ0) is 15.0. The summed E-state index contributed by atoms with van der Waals surface area (Å²) >= 11 is 5.54. The SMILES string of the molecule is C[C@@H]1CN(c2n[nH]c(-c3cc(F)c(Cl)cc3F)n2)CCN1. The molecule has 0 amide bonds. The Kier molecular flexibility index (Phi) is 3.77. The van der Waals surface area contributed by atoms with Gasteiger partial charge in [0.25, 0.3) is 0 Å². The molecule has 0 radical (unpaired) electrons. The molecule has 1 aliphatic heterocycles. The number of nitrogens with zero attached hydrogens (tertiary/aromatic N) is 3. The van der Waals surface area contributed by atoms with Gasteiger partial charge in [0.15, 0.2) is 5.82 Å². The van der Waals surface area contributed by atoms with E-state index in [-0.39, 0.29) is 16.4 Å². The van der Waals surface area contributed by atoms with Gasteiger partial charge >= 0.3 is 0 Å². The zero-order valence-electron chi connectivity index (χ0n) is 11.3. The Morgan fingerprint density at radius 2 is 2.14 bits per heavy atom. The number of piperazine rings is 1. The van der Waals surface area contributed by atoms with Gasteiger partial charge in [-0.25, -0.2) is 8.78 Å². The number of hydrogen-bond acceptors (Lipinski definition) is 4. The number of rotatable bonds is 2. The van der Waals surface area contributed by atoms with Crippen molar-refractivity contribution in [3.63, 3.8) is 0 Å². The van der Waals surface area contributed by atoms with Crippen LogP contribution in [-0.2, 0) is 0 Å². The molecule has 112 valence electrons. The molecule has 0 unspecified atom stereocenters. The molecule has 0 aliphatic carbocycles. The van der Waals surface area contributed by atoms with Crippen LogP contribution >= 0.6 is 11.6 Å². The Morgan fingerprint density at radius 3 is 2.90 bits per heavy atom. The second-order valence-electron chi connectivity index (χ2n) is 5.03. The Bertz CT molecular complexity index is 660. The largest absolute Gasteiger partial charge is 0.337 e. The summed E-state index contributed by atoms with van der Waals surface area (Å²) in [5.74, 6) is -0.669. The summed E-state index contributed by atoms with van der Waals surface area (Å²) in [7, 11) is 0. The van der Waals surface area contributed by atoms with E-state index in [2.05, 4.69) is 27.4 Å². The quantitative estimate of drug-likeness (QED) is 0.835. The van der Waals surface area contributed by atoms with E-state index in [1.165, 1.54) is 0 Å². The first-order valence-electron chi connectivity index (χ1n) is 6.60. The lowest BCUT2D eigenvalue weighted by molar-refractivity contribution is 0.480. The maximum atomic E-state index is 13.9. The molecule has 1 atom stereocenters. The van der Waals surface area contributed by atoms with Gasteiger partial charge in [0, 0.05) is 25.7 Å². The molecule has 1 fully saturated rings. The third kappa shape index (κ3) is 2.84. The third-order valence-electron chi connectivity index (χ3n) is 3.39. The highest BCUT2D eigenvalue weighted by Crippen LogP contribution is 2.26. The molecule has 1 saturated heterocycles. The monoisotopic (exact) mass is 313 g/mol. The Morgan fingerprint density at radius 1 is 1.33 bits per heavy atom. The highest BCUT2D eigenvalue weighted by atomic mass is 35.5. The third-order valence-corrected chi connectivity index (χ3v) is 3.68. The predicted octanol–water partition coefficient (Wildman–Crippen LogP) is 2.20. The van der Waals surface area contributed by atoms with Crippen LogP contribution in [-0.4, -0.2) is 40.9 Å². The molecule has 0 saturated carbocycles.